The van der Waals surface area contributed by atoms with Gasteiger partial charge in [0.15, 0.2) is 5.78 Å². The molecule has 0 aromatic heterocycles. The second kappa shape index (κ2) is 5.27. The number of carbonyl (C=O) groups excluding carboxylic acids is 1. The van der Waals surface area contributed by atoms with Gasteiger partial charge in [-0.25, -0.2) is 0 Å². The van der Waals surface area contributed by atoms with Crippen molar-refractivity contribution in [3.8, 4) is 5.75 Å². The molecule has 1 aliphatic carbocycles. The van der Waals surface area contributed by atoms with Gasteiger partial charge in [-0.15, -0.1) is 0 Å². The molecule has 1 saturated carbocycles. The molecule has 4 heteroatoms. The quantitative estimate of drug-likeness (QED) is 0.900. The van der Waals surface area contributed by atoms with Gasteiger partial charge in [-0.3, -0.25) is 9.59 Å². The van der Waals surface area contributed by atoms with Crippen LogP contribution in [0.3, 0.4) is 0 Å². The predicted molar refractivity (Wildman–Crippen MR) is 73.1 cm³/mol. The molecule has 0 radical (unpaired) electrons. The molecule has 1 aromatic carbocycles. The number of aliphatic carboxylic acids is 1. The minimum Gasteiger partial charge on any atom is -0.493 e. The van der Waals surface area contributed by atoms with Crippen molar-refractivity contribution >= 4 is 11.8 Å². The van der Waals surface area contributed by atoms with E-state index in [-0.39, 0.29) is 24.0 Å². The Balaban J connectivity index is 2.02. The average molecular weight is 274 g/mol. The maximum atomic E-state index is 12.8. The molecule has 0 saturated heterocycles. The molecule has 1 aliphatic heterocycles. The molecule has 0 bridgehead atoms. The van der Waals surface area contributed by atoms with E-state index < -0.39 is 5.97 Å². The summed E-state index contributed by atoms with van der Waals surface area (Å²) in [5, 5.41) is 9.01. The van der Waals surface area contributed by atoms with Gasteiger partial charge >= 0.3 is 5.97 Å². The van der Waals surface area contributed by atoms with Crippen LogP contribution in [0, 0.1) is 11.8 Å². The molecular formula is C16H18O4. The van der Waals surface area contributed by atoms with Crippen LogP contribution in [0.1, 0.15) is 41.6 Å². The number of hydrogen-bond acceptors (Lipinski definition) is 3. The number of carboxylic acids is 1. The van der Waals surface area contributed by atoms with Gasteiger partial charge in [0.05, 0.1) is 18.6 Å². The SMILES string of the molecule is O=C(O)Cc1cccc2c1C(=O)C1CCCCC1CO2. The Bertz CT molecular complexity index is 549. The van der Waals surface area contributed by atoms with Crippen LogP contribution in [-0.2, 0) is 11.2 Å². The van der Waals surface area contributed by atoms with E-state index in [0.717, 1.165) is 25.7 Å². The zero-order chi connectivity index (χ0) is 14.1. The maximum Gasteiger partial charge on any atom is 0.307 e. The van der Waals surface area contributed by atoms with Crippen molar-refractivity contribution in [3.05, 3.63) is 29.3 Å². The zero-order valence-electron chi connectivity index (χ0n) is 11.3. The summed E-state index contributed by atoms with van der Waals surface area (Å²) in [6.07, 6.45) is 4.02. The third-order valence-corrected chi connectivity index (χ3v) is 4.40. The van der Waals surface area contributed by atoms with Crippen molar-refractivity contribution in [2.24, 2.45) is 11.8 Å². The standard InChI is InChI=1S/C16H18O4/c17-14(18)8-10-5-3-7-13-15(10)16(19)12-6-2-1-4-11(12)9-20-13/h3,5,7,11-12H,1-2,4,6,8-9H2,(H,17,18). The first kappa shape index (κ1) is 13.2. The van der Waals surface area contributed by atoms with Gasteiger partial charge in [0.25, 0.3) is 0 Å². The van der Waals surface area contributed by atoms with Crippen molar-refractivity contribution in [2.45, 2.75) is 32.1 Å². The zero-order valence-corrected chi connectivity index (χ0v) is 11.3. The van der Waals surface area contributed by atoms with E-state index >= 15 is 0 Å². The highest BCUT2D eigenvalue weighted by Crippen LogP contribution is 2.39. The van der Waals surface area contributed by atoms with Gasteiger partial charge < -0.3 is 9.84 Å². The summed E-state index contributed by atoms with van der Waals surface area (Å²) in [6.45, 7) is 0.569. The van der Waals surface area contributed by atoms with Gasteiger partial charge in [-0.2, -0.15) is 0 Å². The molecule has 1 heterocycles. The summed E-state index contributed by atoms with van der Waals surface area (Å²) in [5.74, 6) is -0.000820. The number of hydrogen-bond donors (Lipinski definition) is 1. The first-order chi connectivity index (χ1) is 9.66. The number of rotatable bonds is 2. The Morgan fingerprint density at radius 1 is 1.30 bits per heavy atom. The van der Waals surface area contributed by atoms with E-state index in [2.05, 4.69) is 0 Å². The fourth-order valence-corrected chi connectivity index (χ4v) is 3.42. The smallest absolute Gasteiger partial charge is 0.307 e. The summed E-state index contributed by atoms with van der Waals surface area (Å²) in [7, 11) is 0. The third kappa shape index (κ3) is 2.30. The topological polar surface area (TPSA) is 63.6 Å². The largest absolute Gasteiger partial charge is 0.493 e. The highest BCUT2D eigenvalue weighted by Gasteiger charge is 2.37. The van der Waals surface area contributed by atoms with Crippen LogP contribution in [0.2, 0.25) is 0 Å². The summed E-state index contributed by atoms with van der Waals surface area (Å²) in [4.78, 5) is 23.8. The molecule has 3 rings (SSSR count). The van der Waals surface area contributed by atoms with E-state index in [0.29, 0.717) is 23.5 Å². The summed E-state index contributed by atoms with van der Waals surface area (Å²) < 4.78 is 5.80. The predicted octanol–water partition coefficient (Wildman–Crippen LogP) is 2.70. The van der Waals surface area contributed by atoms with Crippen LogP contribution in [0.15, 0.2) is 18.2 Å². The lowest BCUT2D eigenvalue weighted by Gasteiger charge is -2.27. The number of fused-ring (bicyclic) bond motifs is 2. The first-order valence-electron chi connectivity index (χ1n) is 7.17. The molecule has 106 valence electrons. The van der Waals surface area contributed by atoms with Gasteiger partial charge in [0.2, 0.25) is 0 Å². The molecule has 2 aliphatic rings. The molecule has 1 fully saturated rings. The number of ketones is 1. The van der Waals surface area contributed by atoms with Crippen molar-refractivity contribution in [2.75, 3.05) is 6.61 Å². The van der Waals surface area contributed by atoms with Gasteiger partial charge in [-0.1, -0.05) is 25.0 Å². The van der Waals surface area contributed by atoms with Gasteiger partial charge in [0, 0.05) is 11.8 Å². The van der Waals surface area contributed by atoms with Crippen molar-refractivity contribution in [1.82, 2.24) is 0 Å². The summed E-state index contributed by atoms with van der Waals surface area (Å²) >= 11 is 0. The normalized spacial score (nSPS) is 25.1. The second-order valence-electron chi connectivity index (χ2n) is 5.69. The van der Waals surface area contributed by atoms with Crippen molar-refractivity contribution in [3.63, 3.8) is 0 Å². The fraction of sp³-hybridized carbons (Fsp3) is 0.500. The molecule has 1 aromatic rings. The summed E-state index contributed by atoms with van der Waals surface area (Å²) in [6, 6.07) is 5.26. The Hall–Kier alpha value is -1.84. The lowest BCUT2D eigenvalue weighted by Crippen LogP contribution is -2.29. The van der Waals surface area contributed by atoms with Crippen molar-refractivity contribution < 1.29 is 19.4 Å². The molecule has 0 spiro atoms. The van der Waals surface area contributed by atoms with Crippen LogP contribution < -0.4 is 4.74 Å². The molecule has 2 atom stereocenters. The molecular weight excluding hydrogens is 256 g/mol. The van der Waals surface area contributed by atoms with Gasteiger partial charge in [-0.05, 0) is 24.5 Å². The Morgan fingerprint density at radius 3 is 2.90 bits per heavy atom. The van der Waals surface area contributed by atoms with E-state index in [1.165, 1.54) is 0 Å². The molecule has 0 amide bonds. The monoisotopic (exact) mass is 274 g/mol. The molecule has 2 unspecified atom stereocenters. The number of benzene rings is 1. The van der Waals surface area contributed by atoms with Crippen LogP contribution in [0.4, 0.5) is 0 Å². The lowest BCUT2D eigenvalue weighted by atomic mass is 9.75. The highest BCUT2D eigenvalue weighted by molar-refractivity contribution is 6.03. The van der Waals surface area contributed by atoms with Crippen LogP contribution in [0.5, 0.6) is 5.75 Å². The molecule has 1 N–H and O–H groups in total. The van der Waals surface area contributed by atoms with Crippen LogP contribution in [-0.4, -0.2) is 23.5 Å². The van der Waals surface area contributed by atoms with E-state index in [9.17, 15) is 9.59 Å². The van der Waals surface area contributed by atoms with Crippen molar-refractivity contribution in [1.29, 1.82) is 0 Å². The lowest BCUT2D eigenvalue weighted by molar-refractivity contribution is -0.136. The highest BCUT2D eigenvalue weighted by atomic mass is 16.5. The molecule has 4 nitrogen and oxygen atoms in total. The average Bonchev–Trinajstić information content (AvgIpc) is 2.57. The molecule has 20 heavy (non-hydrogen) atoms. The number of carboxylic acid groups (broad SMARTS) is 1. The summed E-state index contributed by atoms with van der Waals surface area (Å²) in [5.41, 5.74) is 1.08. The van der Waals surface area contributed by atoms with E-state index in [4.69, 9.17) is 9.84 Å². The number of Topliss-reactive ketones (excluding diaryl/α,β-unsaturated/α-hetero) is 1. The number of carbonyl (C=O) groups is 2. The Labute approximate surface area is 117 Å². The number of ether oxygens (including phenoxy) is 1. The third-order valence-electron chi connectivity index (χ3n) is 4.40. The minimum absolute atomic E-state index is 0.0000510. The Kier molecular flexibility index (Phi) is 3.47. The van der Waals surface area contributed by atoms with Crippen LogP contribution >= 0.6 is 0 Å². The van der Waals surface area contributed by atoms with E-state index in [1.807, 2.05) is 0 Å². The minimum atomic E-state index is -0.921. The van der Waals surface area contributed by atoms with E-state index in [1.54, 1.807) is 18.2 Å². The van der Waals surface area contributed by atoms with Gasteiger partial charge in [0.1, 0.15) is 5.75 Å². The maximum absolute atomic E-state index is 12.8. The Morgan fingerprint density at radius 2 is 2.10 bits per heavy atom. The first-order valence-corrected chi connectivity index (χ1v) is 7.17. The fourth-order valence-electron chi connectivity index (χ4n) is 3.42. The van der Waals surface area contributed by atoms with Crippen LogP contribution in [0.25, 0.3) is 0 Å². The second-order valence-corrected chi connectivity index (χ2v) is 5.69.